The van der Waals surface area contributed by atoms with E-state index < -0.39 is 0 Å². The first-order valence-electron chi connectivity index (χ1n) is 8.11. The minimum atomic E-state index is 0.760. The van der Waals surface area contributed by atoms with E-state index in [1.54, 1.807) is 0 Å². The van der Waals surface area contributed by atoms with Crippen LogP contribution in [0.3, 0.4) is 0 Å². The number of nitrogens with one attached hydrogen (secondary N) is 1. The Morgan fingerprint density at radius 1 is 1.15 bits per heavy atom. The maximum atomic E-state index is 5.97. The molecule has 0 spiro atoms. The SMILES string of the molecule is CC(C)CCCC(CNC1CC1)Cc1ccc(Cl)cc1. The molecule has 0 radical (unpaired) electrons. The molecule has 1 aliphatic carbocycles. The van der Waals surface area contributed by atoms with Crippen LogP contribution in [0.4, 0.5) is 0 Å². The Morgan fingerprint density at radius 3 is 2.45 bits per heavy atom. The number of hydrogen-bond donors (Lipinski definition) is 1. The van der Waals surface area contributed by atoms with E-state index in [0.29, 0.717) is 0 Å². The molecule has 1 unspecified atom stereocenters. The van der Waals surface area contributed by atoms with Crippen LogP contribution >= 0.6 is 11.6 Å². The van der Waals surface area contributed by atoms with Gasteiger partial charge in [0.2, 0.25) is 0 Å². The Morgan fingerprint density at radius 2 is 1.85 bits per heavy atom. The van der Waals surface area contributed by atoms with Gasteiger partial charge in [0, 0.05) is 11.1 Å². The first-order valence-corrected chi connectivity index (χ1v) is 8.49. The molecule has 2 heteroatoms. The highest BCUT2D eigenvalue weighted by Gasteiger charge is 2.21. The second-order valence-electron chi connectivity index (χ2n) is 6.70. The third-order valence-electron chi connectivity index (χ3n) is 4.10. The van der Waals surface area contributed by atoms with Crippen LogP contribution in [0.2, 0.25) is 5.02 Å². The quantitative estimate of drug-likeness (QED) is 0.670. The van der Waals surface area contributed by atoms with E-state index in [1.165, 1.54) is 50.6 Å². The summed E-state index contributed by atoms with van der Waals surface area (Å²) in [7, 11) is 0. The van der Waals surface area contributed by atoms with E-state index in [0.717, 1.165) is 22.9 Å². The van der Waals surface area contributed by atoms with Gasteiger partial charge in [0.25, 0.3) is 0 Å². The van der Waals surface area contributed by atoms with E-state index in [-0.39, 0.29) is 0 Å². The van der Waals surface area contributed by atoms with E-state index in [1.807, 2.05) is 12.1 Å². The summed E-state index contributed by atoms with van der Waals surface area (Å²) in [4.78, 5) is 0. The normalized spacial score (nSPS) is 16.6. The van der Waals surface area contributed by atoms with E-state index in [9.17, 15) is 0 Å². The van der Waals surface area contributed by atoms with Gasteiger partial charge in [-0.3, -0.25) is 0 Å². The van der Waals surface area contributed by atoms with Crippen molar-refractivity contribution in [1.29, 1.82) is 0 Å². The molecule has 20 heavy (non-hydrogen) atoms. The monoisotopic (exact) mass is 293 g/mol. The van der Waals surface area contributed by atoms with E-state index >= 15 is 0 Å². The molecule has 112 valence electrons. The van der Waals surface area contributed by atoms with Gasteiger partial charge in [0.15, 0.2) is 0 Å². The molecule has 0 amide bonds. The molecule has 1 aromatic rings. The van der Waals surface area contributed by atoms with Crippen molar-refractivity contribution in [2.45, 2.75) is 58.4 Å². The van der Waals surface area contributed by atoms with Gasteiger partial charge < -0.3 is 5.32 Å². The van der Waals surface area contributed by atoms with Crippen molar-refractivity contribution < 1.29 is 0 Å². The summed E-state index contributed by atoms with van der Waals surface area (Å²) in [6.45, 7) is 5.80. The van der Waals surface area contributed by atoms with Crippen molar-refractivity contribution in [2.75, 3.05) is 6.54 Å². The predicted octanol–water partition coefficient (Wildman–Crippen LogP) is 5.08. The summed E-state index contributed by atoms with van der Waals surface area (Å²) < 4.78 is 0. The lowest BCUT2D eigenvalue weighted by Gasteiger charge is -2.18. The highest BCUT2D eigenvalue weighted by molar-refractivity contribution is 6.30. The lowest BCUT2D eigenvalue weighted by atomic mass is 9.92. The van der Waals surface area contributed by atoms with Crippen LogP contribution in [0, 0.1) is 11.8 Å². The number of rotatable bonds is 9. The minimum Gasteiger partial charge on any atom is -0.314 e. The van der Waals surface area contributed by atoms with Crippen molar-refractivity contribution in [3.05, 3.63) is 34.9 Å². The number of benzene rings is 1. The van der Waals surface area contributed by atoms with Crippen molar-refractivity contribution in [1.82, 2.24) is 5.32 Å². The minimum absolute atomic E-state index is 0.760. The molecule has 1 fully saturated rings. The van der Waals surface area contributed by atoms with Crippen molar-refractivity contribution >= 4 is 11.6 Å². The lowest BCUT2D eigenvalue weighted by molar-refractivity contribution is 0.405. The van der Waals surface area contributed by atoms with Gasteiger partial charge in [-0.05, 0) is 61.8 Å². The smallest absolute Gasteiger partial charge is 0.0406 e. The third kappa shape index (κ3) is 6.28. The van der Waals surface area contributed by atoms with Crippen LogP contribution in [0.15, 0.2) is 24.3 Å². The fourth-order valence-corrected chi connectivity index (χ4v) is 2.79. The maximum absolute atomic E-state index is 5.97. The zero-order chi connectivity index (χ0) is 14.4. The van der Waals surface area contributed by atoms with Crippen LogP contribution in [0.25, 0.3) is 0 Å². The van der Waals surface area contributed by atoms with E-state index in [2.05, 4.69) is 31.3 Å². The van der Waals surface area contributed by atoms with Gasteiger partial charge in [-0.1, -0.05) is 50.4 Å². The van der Waals surface area contributed by atoms with Crippen LogP contribution in [0.1, 0.15) is 51.5 Å². The maximum Gasteiger partial charge on any atom is 0.0406 e. The summed E-state index contributed by atoms with van der Waals surface area (Å²) in [6.07, 6.45) is 7.96. The topological polar surface area (TPSA) is 12.0 Å². The van der Waals surface area contributed by atoms with Crippen molar-refractivity contribution in [2.24, 2.45) is 11.8 Å². The Hall–Kier alpha value is -0.530. The Bertz CT molecular complexity index is 381. The van der Waals surface area contributed by atoms with Crippen LogP contribution in [0.5, 0.6) is 0 Å². The van der Waals surface area contributed by atoms with Crippen molar-refractivity contribution in [3.63, 3.8) is 0 Å². The third-order valence-corrected chi connectivity index (χ3v) is 4.36. The first-order chi connectivity index (χ1) is 9.63. The molecule has 1 atom stereocenters. The largest absolute Gasteiger partial charge is 0.314 e. The molecular weight excluding hydrogens is 266 g/mol. The first kappa shape index (κ1) is 15.9. The second kappa shape index (κ2) is 8.05. The van der Waals surface area contributed by atoms with Gasteiger partial charge in [-0.25, -0.2) is 0 Å². The zero-order valence-electron chi connectivity index (χ0n) is 12.9. The van der Waals surface area contributed by atoms with E-state index in [4.69, 9.17) is 11.6 Å². The standard InChI is InChI=1S/C18H28ClN/c1-14(2)4-3-5-16(13-20-18-10-11-18)12-15-6-8-17(19)9-7-15/h6-9,14,16,18,20H,3-5,10-13H2,1-2H3. The lowest BCUT2D eigenvalue weighted by Crippen LogP contribution is -2.26. The fourth-order valence-electron chi connectivity index (χ4n) is 2.67. The Kier molecular flexibility index (Phi) is 6.38. The summed E-state index contributed by atoms with van der Waals surface area (Å²) in [5.74, 6) is 1.58. The Balaban J connectivity index is 1.81. The molecule has 1 N–H and O–H groups in total. The molecule has 0 aromatic heterocycles. The summed E-state index contributed by atoms with van der Waals surface area (Å²) >= 11 is 5.97. The molecule has 1 aromatic carbocycles. The second-order valence-corrected chi connectivity index (χ2v) is 7.14. The molecule has 1 aliphatic rings. The predicted molar refractivity (Wildman–Crippen MR) is 88.4 cm³/mol. The van der Waals surface area contributed by atoms with Crippen LogP contribution in [-0.2, 0) is 6.42 Å². The van der Waals surface area contributed by atoms with Crippen molar-refractivity contribution in [3.8, 4) is 0 Å². The fraction of sp³-hybridized carbons (Fsp3) is 0.667. The zero-order valence-corrected chi connectivity index (χ0v) is 13.6. The Labute approximate surface area is 129 Å². The van der Waals surface area contributed by atoms with Crippen LogP contribution in [-0.4, -0.2) is 12.6 Å². The number of hydrogen-bond acceptors (Lipinski definition) is 1. The highest BCUT2D eigenvalue weighted by Crippen LogP contribution is 2.22. The van der Waals surface area contributed by atoms with Gasteiger partial charge in [0.05, 0.1) is 0 Å². The molecule has 0 aliphatic heterocycles. The molecular formula is C18H28ClN. The van der Waals surface area contributed by atoms with Gasteiger partial charge >= 0.3 is 0 Å². The molecule has 1 nitrogen and oxygen atoms in total. The number of halogens is 1. The highest BCUT2D eigenvalue weighted by atomic mass is 35.5. The summed E-state index contributed by atoms with van der Waals surface area (Å²) in [5, 5.41) is 4.53. The van der Waals surface area contributed by atoms with Gasteiger partial charge in [-0.15, -0.1) is 0 Å². The average molecular weight is 294 g/mol. The average Bonchev–Trinajstić information content (AvgIpc) is 3.22. The molecule has 1 saturated carbocycles. The summed E-state index contributed by atoms with van der Waals surface area (Å²) in [6, 6.07) is 9.18. The van der Waals surface area contributed by atoms with Gasteiger partial charge in [-0.2, -0.15) is 0 Å². The molecule has 0 heterocycles. The molecule has 0 saturated heterocycles. The van der Waals surface area contributed by atoms with Gasteiger partial charge in [0.1, 0.15) is 0 Å². The summed E-state index contributed by atoms with van der Waals surface area (Å²) in [5.41, 5.74) is 1.42. The molecule has 0 bridgehead atoms. The van der Waals surface area contributed by atoms with Crippen LogP contribution < -0.4 is 5.32 Å². The molecule has 2 rings (SSSR count).